The van der Waals surface area contributed by atoms with E-state index in [9.17, 15) is 9.59 Å². The molecule has 1 amide bonds. The van der Waals surface area contributed by atoms with E-state index in [0.717, 1.165) is 31.2 Å². The van der Waals surface area contributed by atoms with Gasteiger partial charge in [-0.05, 0) is 32.1 Å². The Balaban J connectivity index is 1.30. The van der Waals surface area contributed by atoms with Crippen molar-refractivity contribution in [1.29, 1.82) is 0 Å². The van der Waals surface area contributed by atoms with Gasteiger partial charge in [0.05, 0.1) is 18.4 Å². The number of aromatic nitrogens is 3. The van der Waals surface area contributed by atoms with Crippen LogP contribution in [0.5, 0.6) is 0 Å². The smallest absolute Gasteiger partial charge is 0.223 e. The van der Waals surface area contributed by atoms with E-state index in [1.165, 1.54) is 0 Å². The summed E-state index contributed by atoms with van der Waals surface area (Å²) in [5.41, 5.74) is 0.729. The maximum absolute atomic E-state index is 12.7. The zero-order valence-corrected chi connectivity index (χ0v) is 14.8. The number of benzene rings is 1. The van der Waals surface area contributed by atoms with Crippen LogP contribution in [0.3, 0.4) is 0 Å². The quantitative estimate of drug-likeness (QED) is 0.750. The van der Waals surface area contributed by atoms with Crippen LogP contribution >= 0.6 is 0 Å². The minimum absolute atomic E-state index is 0.116. The number of rotatable bonds is 6. The summed E-state index contributed by atoms with van der Waals surface area (Å²) in [5, 5.41) is 8.54. The monoisotopic (exact) mass is 352 g/mol. The molecular formula is C20H24N4O2. The Morgan fingerprint density at radius 3 is 2.23 bits per heavy atom. The van der Waals surface area contributed by atoms with E-state index in [4.69, 9.17) is 0 Å². The minimum atomic E-state index is 0.116. The predicted molar refractivity (Wildman–Crippen MR) is 96.6 cm³/mol. The molecule has 2 saturated heterocycles. The van der Waals surface area contributed by atoms with Gasteiger partial charge in [0, 0.05) is 30.5 Å². The predicted octanol–water partition coefficient (Wildman–Crippen LogP) is 3.03. The number of piperidine rings is 1. The molecule has 0 radical (unpaired) electrons. The van der Waals surface area contributed by atoms with Crippen molar-refractivity contribution >= 4 is 11.7 Å². The number of carbonyl (C=O) groups is 2. The number of carbonyl (C=O) groups excluding carboxylic acids is 2. The summed E-state index contributed by atoms with van der Waals surface area (Å²) in [7, 11) is 0. The Labute approximate surface area is 153 Å². The normalized spacial score (nSPS) is 24.6. The Morgan fingerprint density at radius 2 is 1.58 bits per heavy atom. The Bertz CT molecular complexity index is 745. The maximum Gasteiger partial charge on any atom is 0.223 e. The first-order valence-electron chi connectivity index (χ1n) is 9.47. The average Bonchev–Trinajstić information content (AvgIpc) is 3.29. The molecule has 2 atom stereocenters. The molecule has 2 aromatic rings. The number of fused-ring (bicyclic) bond motifs is 2. The number of hydrogen-bond donors (Lipinski definition) is 0. The third-order valence-corrected chi connectivity index (χ3v) is 5.65. The van der Waals surface area contributed by atoms with Gasteiger partial charge in [-0.3, -0.25) is 9.59 Å². The molecule has 6 heteroatoms. The van der Waals surface area contributed by atoms with Crippen molar-refractivity contribution in [1.82, 2.24) is 19.9 Å². The molecule has 0 N–H and O–H groups in total. The summed E-state index contributed by atoms with van der Waals surface area (Å²) in [6.07, 6.45) is 8.92. The maximum atomic E-state index is 12.7. The van der Waals surface area contributed by atoms with Crippen LogP contribution < -0.4 is 0 Å². The molecule has 2 fully saturated rings. The Kier molecular flexibility index (Phi) is 4.82. The lowest BCUT2D eigenvalue weighted by atomic mass is 9.97. The lowest BCUT2D eigenvalue weighted by molar-refractivity contribution is -0.136. The van der Waals surface area contributed by atoms with Gasteiger partial charge in [0.1, 0.15) is 0 Å². The van der Waals surface area contributed by atoms with Crippen LogP contribution in [-0.4, -0.2) is 43.7 Å². The number of nitrogens with zero attached hydrogens (tertiary/aromatic N) is 4. The van der Waals surface area contributed by atoms with Crippen LogP contribution in [0, 0.1) is 0 Å². The molecule has 3 heterocycles. The number of hydrogen-bond acceptors (Lipinski definition) is 4. The fourth-order valence-corrected chi connectivity index (χ4v) is 4.46. The standard InChI is InChI=1S/C20H24N4O2/c25-19(15-5-2-1-3-6-15)7-4-8-20(26)23-16-9-10-17(23)14-18(13-16)24-21-11-12-22-24/h1-3,5-6,11-12,16-18H,4,7-10,13-14H2. The van der Waals surface area contributed by atoms with Crippen LogP contribution in [0.4, 0.5) is 0 Å². The molecule has 2 aliphatic rings. The average molecular weight is 352 g/mol. The van der Waals surface area contributed by atoms with Crippen LogP contribution in [-0.2, 0) is 4.79 Å². The molecule has 1 aromatic carbocycles. The Morgan fingerprint density at radius 1 is 0.923 bits per heavy atom. The molecule has 4 rings (SSSR count). The fraction of sp³-hybridized carbons (Fsp3) is 0.500. The van der Waals surface area contributed by atoms with Crippen molar-refractivity contribution in [2.75, 3.05) is 0 Å². The zero-order chi connectivity index (χ0) is 17.9. The van der Waals surface area contributed by atoms with E-state index < -0.39 is 0 Å². The summed E-state index contributed by atoms with van der Waals surface area (Å²) in [4.78, 5) is 28.8. The van der Waals surface area contributed by atoms with Crippen molar-refractivity contribution in [3.05, 3.63) is 48.3 Å². The fourth-order valence-electron chi connectivity index (χ4n) is 4.46. The first-order chi connectivity index (χ1) is 12.7. The van der Waals surface area contributed by atoms with Crippen LogP contribution in [0.1, 0.15) is 61.3 Å². The van der Waals surface area contributed by atoms with Crippen LogP contribution in [0.25, 0.3) is 0 Å². The van der Waals surface area contributed by atoms with E-state index in [2.05, 4.69) is 15.1 Å². The molecular weight excluding hydrogens is 328 g/mol. The highest BCUT2D eigenvalue weighted by molar-refractivity contribution is 5.96. The van der Waals surface area contributed by atoms with Gasteiger partial charge in [-0.15, -0.1) is 0 Å². The van der Waals surface area contributed by atoms with Crippen LogP contribution in [0.2, 0.25) is 0 Å². The van der Waals surface area contributed by atoms with E-state index in [1.54, 1.807) is 17.2 Å². The van der Waals surface area contributed by atoms with E-state index in [0.29, 0.717) is 37.4 Å². The third kappa shape index (κ3) is 3.41. The van der Waals surface area contributed by atoms with Gasteiger partial charge in [-0.2, -0.15) is 15.0 Å². The van der Waals surface area contributed by atoms with Gasteiger partial charge >= 0.3 is 0 Å². The first kappa shape index (κ1) is 16.9. The lowest BCUT2D eigenvalue weighted by Gasteiger charge is -2.38. The van der Waals surface area contributed by atoms with Crippen molar-refractivity contribution in [3.63, 3.8) is 0 Å². The molecule has 1 aromatic heterocycles. The van der Waals surface area contributed by atoms with Crippen LogP contribution in [0.15, 0.2) is 42.7 Å². The summed E-state index contributed by atoms with van der Waals surface area (Å²) in [6.45, 7) is 0. The number of ketones is 1. The largest absolute Gasteiger partial charge is 0.337 e. The lowest BCUT2D eigenvalue weighted by Crippen LogP contribution is -2.47. The van der Waals surface area contributed by atoms with Gasteiger partial charge in [-0.25, -0.2) is 0 Å². The van der Waals surface area contributed by atoms with E-state index >= 15 is 0 Å². The van der Waals surface area contributed by atoms with Gasteiger partial charge in [0.15, 0.2) is 5.78 Å². The summed E-state index contributed by atoms with van der Waals surface area (Å²) < 4.78 is 0. The van der Waals surface area contributed by atoms with Gasteiger partial charge in [0.25, 0.3) is 0 Å². The molecule has 136 valence electrons. The second kappa shape index (κ2) is 7.40. The zero-order valence-electron chi connectivity index (χ0n) is 14.8. The summed E-state index contributed by atoms with van der Waals surface area (Å²) >= 11 is 0. The first-order valence-corrected chi connectivity index (χ1v) is 9.47. The van der Waals surface area contributed by atoms with E-state index in [-0.39, 0.29) is 11.7 Å². The van der Waals surface area contributed by atoms with Gasteiger partial charge in [0.2, 0.25) is 5.91 Å². The van der Waals surface area contributed by atoms with Crippen molar-refractivity contribution in [2.45, 2.75) is 63.1 Å². The number of amides is 1. The topological polar surface area (TPSA) is 68.1 Å². The highest BCUT2D eigenvalue weighted by Crippen LogP contribution is 2.40. The second-order valence-electron chi connectivity index (χ2n) is 7.30. The van der Waals surface area contributed by atoms with E-state index in [1.807, 2.05) is 30.3 Å². The molecule has 2 aliphatic heterocycles. The highest BCUT2D eigenvalue weighted by Gasteiger charge is 2.43. The number of Topliss-reactive ketones (excluding diaryl/α,β-unsaturated/α-hetero) is 1. The minimum Gasteiger partial charge on any atom is -0.337 e. The molecule has 0 spiro atoms. The van der Waals surface area contributed by atoms with Gasteiger partial charge < -0.3 is 4.90 Å². The molecule has 6 nitrogen and oxygen atoms in total. The summed E-state index contributed by atoms with van der Waals surface area (Å²) in [6, 6.07) is 10.2. The highest BCUT2D eigenvalue weighted by atomic mass is 16.2. The summed E-state index contributed by atoms with van der Waals surface area (Å²) in [5.74, 6) is 0.315. The molecule has 0 aliphatic carbocycles. The van der Waals surface area contributed by atoms with Crippen molar-refractivity contribution in [3.8, 4) is 0 Å². The molecule has 26 heavy (non-hydrogen) atoms. The third-order valence-electron chi connectivity index (χ3n) is 5.65. The Hall–Kier alpha value is -2.50. The molecule has 2 bridgehead atoms. The van der Waals surface area contributed by atoms with Gasteiger partial charge in [-0.1, -0.05) is 30.3 Å². The van der Waals surface area contributed by atoms with Crippen molar-refractivity contribution < 1.29 is 9.59 Å². The SMILES string of the molecule is O=C(CCCC(=O)N1C2CCC1CC(n1nccn1)C2)c1ccccc1. The molecule has 0 saturated carbocycles. The molecule has 2 unspecified atom stereocenters. The van der Waals surface area contributed by atoms with Crippen molar-refractivity contribution in [2.24, 2.45) is 0 Å². The second-order valence-corrected chi connectivity index (χ2v) is 7.30.